The topological polar surface area (TPSA) is 34.1 Å². The Bertz CT molecular complexity index is 595. The molecule has 112 valence electrons. The minimum absolute atomic E-state index is 0.176. The molecule has 21 heavy (non-hydrogen) atoms. The number of aromatic nitrogens is 1. The Labute approximate surface area is 132 Å². The first-order valence-corrected chi connectivity index (χ1v) is 7.69. The molecule has 0 aliphatic carbocycles. The molecule has 5 heteroatoms. The Balaban J connectivity index is 2.29. The van der Waals surface area contributed by atoms with Crippen LogP contribution >= 0.6 is 15.9 Å². The Morgan fingerprint density at radius 3 is 2.76 bits per heavy atom. The van der Waals surface area contributed by atoms with Gasteiger partial charge in [-0.05, 0) is 43.3 Å². The Hall–Kier alpha value is -1.46. The molecule has 1 N–H and O–H groups in total. The van der Waals surface area contributed by atoms with Gasteiger partial charge in [-0.3, -0.25) is 0 Å². The monoisotopic (exact) mass is 352 g/mol. The normalized spacial score (nSPS) is 10.7. The van der Waals surface area contributed by atoms with Crippen LogP contribution in [0.5, 0.6) is 11.6 Å². The van der Waals surface area contributed by atoms with Crippen molar-refractivity contribution in [3.63, 3.8) is 0 Å². The minimum atomic E-state index is -0.415. The van der Waals surface area contributed by atoms with Gasteiger partial charge in [0, 0.05) is 22.8 Å². The van der Waals surface area contributed by atoms with Gasteiger partial charge in [0.15, 0.2) is 11.6 Å². The summed E-state index contributed by atoms with van der Waals surface area (Å²) in [6.07, 6.45) is 1.87. The largest absolute Gasteiger partial charge is 0.436 e. The van der Waals surface area contributed by atoms with Crippen molar-refractivity contribution in [1.29, 1.82) is 0 Å². The summed E-state index contributed by atoms with van der Waals surface area (Å²) in [5.41, 5.74) is 2.03. The van der Waals surface area contributed by atoms with E-state index in [1.165, 1.54) is 6.07 Å². The van der Waals surface area contributed by atoms with Crippen LogP contribution in [0.1, 0.15) is 24.6 Å². The van der Waals surface area contributed by atoms with Gasteiger partial charge in [0.05, 0.1) is 0 Å². The van der Waals surface area contributed by atoms with Crippen molar-refractivity contribution in [2.45, 2.75) is 26.3 Å². The van der Waals surface area contributed by atoms with Crippen LogP contribution in [0.25, 0.3) is 0 Å². The van der Waals surface area contributed by atoms with E-state index < -0.39 is 5.82 Å². The first-order chi connectivity index (χ1) is 10.1. The van der Waals surface area contributed by atoms with E-state index in [0.717, 1.165) is 30.6 Å². The summed E-state index contributed by atoms with van der Waals surface area (Å²) in [7, 11) is 1.88. The molecule has 0 aliphatic rings. The van der Waals surface area contributed by atoms with E-state index in [-0.39, 0.29) is 5.75 Å². The Kier molecular flexibility index (Phi) is 5.70. The second kappa shape index (κ2) is 7.52. The SMILES string of the molecule is CCCc1cc(CNC)cc(Oc2ccc(Br)cc2F)n1. The number of halogens is 2. The van der Waals surface area contributed by atoms with Gasteiger partial charge < -0.3 is 10.1 Å². The molecule has 0 radical (unpaired) electrons. The molecule has 2 aromatic rings. The van der Waals surface area contributed by atoms with E-state index in [9.17, 15) is 4.39 Å². The number of hydrogen-bond acceptors (Lipinski definition) is 3. The second-order valence-electron chi connectivity index (χ2n) is 4.76. The number of benzene rings is 1. The maximum Gasteiger partial charge on any atom is 0.219 e. The van der Waals surface area contributed by atoms with Crippen molar-refractivity contribution in [3.8, 4) is 11.6 Å². The van der Waals surface area contributed by atoms with Crippen LogP contribution in [0.2, 0.25) is 0 Å². The van der Waals surface area contributed by atoms with E-state index in [1.807, 2.05) is 19.2 Å². The van der Waals surface area contributed by atoms with Gasteiger partial charge in [0.25, 0.3) is 0 Å². The third kappa shape index (κ3) is 4.51. The lowest BCUT2D eigenvalue weighted by Gasteiger charge is -2.10. The van der Waals surface area contributed by atoms with Crippen molar-refractivity contribution in [2.24, 2.45) is 0 Å². The maximum absolute atomic E-state index is 13.8. The number of aryl methyl sites for hydroxylation is 1. The van der Waals surface area contributed by atoms with Gasteiger partial charge in [-0.2, -0.15) is 0 Å². The molecule has 0 amide bonds. The zero-order valence-electron chi connectivity index (χ0n) is 12.1. The first kappa shape index (κ1) is 15.9. The van der Waals surface area contributed by atoms with Gasteiger partial charge in [-0.15, -0.1) is 0 Å². The molecule has 1 aromatic heterocycles. The van der Waals surface area contributed by atoms with Gasteiger partial charge in [-0.25, -0.2) is 9.37 Å². The average Bonchev–Trinajstić information content (AvgIpc) is 2.42. The summed E-state index contributed by atoms with van der Waals surface area (Å²) in [4.78, 5) is 4.44. The molecule has 2 rings (SSSR count). The number of pyridine rings is 1. The minimum Gasteiger partial charge on any atom is -0.436 e. The summed E-state index contributed by atoms with van der Waals surface area (Å²) in [5, 5.41) is 3.10. The molecular weight excluding hydrogens is 335 g/mol. The fraction of sp³-hybridized carbons (Fsp3) is 0.312. The van der Waals surface area contributed by atoms with E-state index >= 15 is 0 Å². The van der Waals surface area contributed by atoms with Crippen LogP contribution in [0, 0.1) is 5.82 Å². The predicted molar refractivity (Wildman–Crippen MR) is 85.2 cm³/mol. The third-order valence-electron chi connectivity index (χ3n) is 2.91. The highest BCUT2D eigenvalue weighted by Crippen LogP contribution is 2.26. The van der Waals surface area contributed by atoms with E-state index in [1.54, 1.807) is 12.1 Å². The fourth-order valence-electron chi connectivity index (χ4n) is 2.03. The summed E-state index contributed by atoms with van der Waals surface area (Å²) < 4.78 is 20.1. The molecule has 0 aliphatic heterocycles. The smallest absolute Gasteiger partial charge is 0.219 e. The number of rotatable bonds is 6. The van der Waals surface area contributed by atoms with Gasteiger partial charge in [0.2, 0.25) is 5.88 Å². The molecule has 0 unspecified atom stereocenters. The zero-order chi connectivity index (χ0) is 15.2. The Morgan fingerprint density at radius 1 is 1.29 bits per heavy atom. The van der Waals surface area contributed by atoms with E-state index in [2.05, 4.69) is 33.2 Å². The molecule has 0 bridgehead atoms. The van der Waals surface area contributed by atoms with Crippen LogP contribution in [0.3, 0.4) is 0 Å². The second-order valence-corrected chi connectivity index (χ2v) is 5.68. The number of nitrogens with one attached hydrogen (secondary N) is 1. The summed E-state index contributed by atoms with van der Waals surface area (Å²) in [6, 6.07) is 8.58. The van der Waals surface area contributed by atoms with Crippen LogP contribution in [-0.4, -0.2) is 12.0 Å². The average molecular weight is 353 g/mol. The van der Waals surface area contributed by atoms with Crippen molar-refractivity contribution < 1.29 is 9.13 Å². The molecular formula is C16H18BrFN2O. The molecule has 0 spiro atoms. The van der Waals surface area contributed by atoms with E-state index in [4.69, 9.17) is 4.74 Å². The van der Waals surface area contributed by atoms with Crippen LogP contribution in [0.4, 0.5) is 4.39 Å². The molecule has 1 heterocycles. The standard InChI is InChI=1S/C16H18BrFN2O/c1-3-4-13-7-11(10-19-2)8-16(20-13)21-15-6-5-12(17)9-14(15)18/h5-9,19H,3-4,10H2,1-2H3. The lowest BCUT2D eigenvalue weighted by molar-refractivity contribution is 0.425. The van der Waals surface area contributed by atoms with Crippen molar-refractivity contribution in [3.05, 3.63) is 51.9 Å². The molecule has 0 fully saturated rings. The van der Waals surface area contributed by atoms with Crippen molar-refractivity contribution in [2.75, 3.05) is 7.05 Å². The van der Waals surface area contributed by atoms with Crippen molar-refractivity contribution >= 4 is 15.9 Å². The van der Waals surface area contributed by atoms with Gasteiger partial charge in [-0.1, -0.05) is 29.3 Å². The van der Waals surface area contributed by atoms with Crippen molar-refractivity contribution in [1.82, 2.24) is 10.3 Å². The maximum atomic E-state index is 13.8. The number of ether oxygens (including phenoxy) is 1. The van der Waals surface area contributed by atoms with Gasteiger partial charge in [0.1, 0.15) is 0 Å². The molecule has 1 aromatic carbocycles. The quantitative estimate of drug-likeness (QED) is 0.833. The highest BCUT2D eigenvalue weighted by molar-refractivity contribution is 9.10. The molecule has 0 atom stereocenters. The van der Waals surface area contributed by atoms with E-state index in [0.29, 0.717) is 10.4 Å². The molecule has 0 saturated heterocycles. The number of hydrogen-bond donors (Lipinski definition) is 1. The summed E-state index contributed by atoms with van der Waals surface area (Å²) in [5.74, 6) is 0.185. The Morgan fingerprint density at radius 2 is 2.10 bits per heavy atom. The van der Waals surface area contributed by atoms with Gasteiger partial charge >= 0.3 is 0 Å². The first-order valence-electron chi connectivity index (χ1n) is 6.89. The zero-order valence-corrected chi connectivity index (χ0v) is 13.7. The summed E-state index contributed by atoms with van der Waals surface area (Å²) >= 11 is 3.23. The third-order valence-corrected chi connectivity index (χ3v) is 3.40. The highest BCUT2D eigenvalue weighted by atomic mass is 79.9. The fourth-order valence-corrected chi connectivity index (χ4v) is 2.37. The predicted octanol–water partition coefficient (Wildman–Crippen LogP) is 4.45. The lowest BCUT2D eigenvalue weighted by atomic mass is 10.1. The lowest BCUT2D eigenvalue weighted by Crippen LogP contribution is -2.07. The van der Waals surface area contributed by atoms with Crippen LogP contribution in [0.15, 0.2) is 34.8 Å². The van der Waals surface area contributed by atoms with Crippen LogP contribution in [-0.2, 0) is 13.0 Å². The number of nitrogens with zero attached hydrogens (tertiary/aromatic N) is 1. The highest BCUT2D eigenvalue weighted by Gasteiger charge is 2.08. The molecule has 3 nitrogen and oxygen atoms in total. The van der Waals surface area contributed by atoms with Crippen LogP contribution < -0.4 is 10.1 Å². The molecule has 0 saturated carbocycles. The summed E-state index contributed by atoms with van der Waals surface area (Å²) in [6.45, 7) is 2.82.